The molecule has 0 aliphatic carbocycles. The molecule has 1 aromatic carbocycles. The molecule has 2 rings (SSSR count). The number of rotatable bonds is 1. The van der Waals surface area contributed by atoms with Crippen molar-refractivity contribution >= 4 is 17.5 Å². The summed E-state index contributed by atoms with van der Waals surface area (Å²) in [5.74, 6) is -0.118. The van der Waals surface area contributed by atoms with E-state index in [4.69, 9.17) is 16.7 Å². The zero-order valence-electron chi connectivity index (χ0n) is 6.80. The summed E-state index contributed by atoms with van der Waals surface area (Å²) in [5, 5.41) is 12.1. The number of aliphatic hydroxyl groups is 1. The van der Waals surface area contributed by atoms with Gasteiger partial charge in [-0.3, -0.25) is 4.79 Å². The van der Waals surface area contributed by atoms with Gasteiger partial charge < -0.3 is 10.4 Å². The Morgan fingerprint density at radius 3 is 3.00 bits per heavy atom. The fraction of sp³-hybridized carbons (Fsp3) is 0.222. The second-order valence-corrected chi connectivity index (χ2v) is 3.35. The Balaban J connectivity index is 2.60. The lowest BCUT2D eigenvalue weighted by molar-refractivity contribution is 0.0965. The van der Waals surface area contributed by atoms with Gasteiger partial charge in [-0.1, -0.05) is 11.6 Å². The Bertz CT molecular complexity index is 376. The van der Waals surface area contributed by atoms with Gasteiger partial charge in [-0.25, -0.2) is 0 Å². The van der Waals surface area contributed by atoms with Crippen LogP contribution in [0.1, 0.15) is 21.5 Å². The third-order valence-electron chi connectivity index (χ3n) is 2.11. The molecule has 1 heterocycles. The van der Waals surface area contributed by atoms with Crippen molar-refractivity contribution in [2.75, 3.05) is 0 Å². The molecule has 0 saturated carbocycles. The molecule has 0 radical (unpaired) electrons. The van der Waals surface area contributed by atoms with Gasteiger partial charge in [0, 0.05) is 22.7 Å². The van der Waals surface area contributed by atoms with Crippen molar-refractivity contribution in [2.45, 2.75) is 13.2 Å². The predicted molar refractivity (Wildman–Crippen MR) is 48.5 cm³/mol. The van der Waals surface area contributed by atoms with Gasteiger partial charge in [-0.05, 0) is 17.7 Å². The molecule has 1 aromatic rings. The monoisotopic (exact) mass is 197 g/mol. The summed E-state index contributed by atoms with van der Waals surface area (Å²) in [6.07, 6.45) is 0. The minimum Gasteiger partial charge on any atom is -0.392 e. The molecule has 13 heavy (non-hydrogen) atoms. The summed E-state index contributed by atoms with van der Waals surface area (Å²) in [5.41, 5.74) is 2.07. The first-order valence-corrected chi connectivity index (χ1v) is 4.30. The number of hydrogen-bond acceptors (Lipinski definition) is 2. The Kier molecular flexibility index (Phi) is 1.98. The molecule has 0 fully saturated rings. The Morgan fingerprint density at radius 1 is 1.54 bits per heavy atom. The number of carbonyl (C=O) groups excluding carboxylic acids is 1. The number of carbonyl (C=O) groups is 1. The summed E-state index contributed by atoms with van der Waals surface area (Å²) < 4.78 is 0. The quantitative estimate of drug-likeness (QED) is 0.708. The molecule has 1 aliphatic heterocycles. The summed E-state index contributed by atoms with van der Waals surface area (Å²) in [6, 6.07) is 3.35. The number of hydrogen-bond donors (Lipinski definition) is 2. The van der Waals surface area contributed by atoms with E-state index in [1.807, 2.05) is 0 Å². The van der Waals surface area contributed by atoms with Crippen LogP contribution in [0.25, 0.3) is 0 Å². The Labute approximate surface area is 80.3 Å². The van der Waals surface area contributed by atoms with Crippen LogP contribution in [0, 0.1) is 0 Å². The zero-order valence-corrected chi connectivity index (χ0v) is 7.56. The molecule has 2 N–H and O–H groups in total. The highest BCUT2D eigenvalue weighted by molar-refractivity contribution is 6.32. The van der Waals surface area contributed by atoms with Gasteiger partial charge >= 0.3 is 0 Å². The van der Waals surface area contributed by atoms with Crippen LogP contribution in [0.3, 0.4) is 0 Å². The Morgan fingerprint density at radius 2 is 2.31 bits per heavy atom. The minimum atomic E-state index is -0.118. The van der Waals surface area contributed by atoms with Gasteiger partial charge in [-0.15, -0.1) is 0 Å². The SMILES string of the molecule is O=C1NCc2c(Cl)cc(CO)cc21. The second-order valence-electron chi connectivity index (χ2n) is 2.94. The van der Waals surface area contributed by atoms with Crippen molar-refractivity contribution in [3.63, 3.8) is 0 Å². The maximum atomic E-state index is 11.2. The Hall–Kier alpha value is -1.06. The van der Waals surface area contributed by atoms with Crippen LogP contribution in [-0.4, -0.2) is 11.0 Å². The molecule has 0 atom stereocenters. The highest BCUT2D eigenvalue weighted by atomic mass is 35.5. The minimum absolute atomic E-state index is 0.0969. The number of amides is 1. The zero-order chi connectivity index (χ0) is 9.42. The number of nitrogens with one attached hydrogen (secondary N) is 1. The molecule has 0 bridgehead atoms. The van der Waals surface area contributed by atoms with Crippen LogP contribution >= 0.6 is 11.6 Å². The van der Waals surface area contributed by atoms with E-state index in [1.165, 1.54) is 0 Å². The van der Waals surface area contributed by atoms with Crippen LogP contribution < -0.4 is 5.32 Å². The van der Waals surface area contributed by atoms with Gasteiger partial charge in [0.2, 0.25) is 0 Å². The first kappa shape index (κ1) is 8.53. The first-order valence-electron chi connectivity index (χ1n) is 3.92. The number of halogens is 1. The topological polar surface area (TPSA) is 49.3 Å². The van der Waals surface area contributed by atoms with Crippen LogP contribution in [0.4, 0.5) is 0 Å². The lowest BCUT2D eigenvalue weighted by Crippen LogP contribution is -2.12. The largest absolute Gasteiger partial charge is 0.392 e. The molecule has 0 saturated heterocycles. The van der Waals surface area contributed by atoms with Crippen molar-refractivity contribution in [2.24, 2.45) is 0 Å². The van der Waals surface area contributed by atoms with E-state index < -0.39 is 0 Å². The van der Waals surface area contributed by atoms with Gasteiger partial charge in [0.15, 0.2) is 0 Å². The van der Waals surface area contributed by atoms with E-state index in [2.05, 4.69) is 5.32 Å². The molecule has 3 nitrogen and oxygen atoms in total. The first-order chi connectivity index (χ1) is 6.22. The van der Waals surface area contributed by atoms with E-state index in [0.717, 1.165) is 5.56 Å². The third kappa shape index (κ3) is 1.30. The third-order valence-corrected chi connectivity index (χ3v) is 2.45. The molecular weight excluding hydrogens is 190 g/mol. The van der Waals surface area contributed by atoms with Crippen molar-refractivity contribution in [3.05, 3.63) is 33.8 Å². The maximum Gasteiger partial charge on any atom is 0.251 e. The van der Waals surface area contributed by atoms with Gasteiger partial charge in [0.25, 0.3) is 5.91 Å². The lowest BCUT2D eigenvalue weighted by Gasteiger charge is -2.02. The van der Waals surface area contributed by atoms with E-state index in [1.54, 1.807) is 12.1 Å². The predicted octanol–water partition coefficient (Wildman–Crippen LogP) is 1.08. The van der Waals surface area contributed by atoms with Crippen LogP contribution in [0.5, 0.6) is 0 Å². The molecule has 0 spiro atoms. The van der Waals surface area contributed by atoms with Crippen LogP contribution in [0.15, 0.2) is 12.1 Å². The summed E-state index contributed by atoms with van der Waals surface area (Å²) in [6.45, 7) is 0.388. The molecule has 0 unspecified atom stereocenters. The fourth-order valence-corrected chi connectivity index (χ4v) is 1.74. The average Bonchev–Trinajstić information content (AvgIpc) is 2.48. The highest BCUT2D eigenvalue weighted by Gasteiger charge is 2.21. The van der Waals surface area contributed by atoms with E-state index in [9.17, 15) is 4.79 Å². The van der Waals surface area contributed by atoms with Crippen molar-refractivity contribution in [3.8, 4) is 0 Å². The molecular formula is C9H8ClNO2. The smallest absolute Gasteiger partial charge is 0.251 e. The van der Waals surface area contributed by atoms with Crippen molar-refractivity contribution < 1.29 is 9.90 Å². The van der Waals surface area contributed by atoms with E-state index in [-0.39, 0.29) is 12.5 Å². The lowest BCUT2D eigenvalue weighted by atomic mass is 10.1. The molecule has 1 aliphatic rings. The number of fused-ring (bicyclic) bond motifs is 1. The molecule has 1 amide bonds. The summed E-state index contributed by atoms with van der Waals surface area (Å²) in [7, 11) is 0. The second kappa shape index (κ2) is 3.01. The van der Waals surface area contributed by atoms with Crippen molar-refractivity contribution in [1.29, 1.82) is 0 Å². The molecule has 4 heteroatoms. The maximum absolute atomic E-state index is 11.2. The van der Waals surface area contributed by atoms with Gasteiger partial charge in [0.05, 0.1) is 6.61 Å². The standard InChI is InChI=1S/C9H8ClNO2/c10-8-2-5(4-12)1-6-7(8)3-11-9(6)13/h1-2,12H,3-4H2,(H,11,13). The summed E-state index contributed by atoms with van der Waals surface area (Å²) in [4.78, 5) is 11.2. The average molecular weight is 198 g/mol. The van der Waals surface area contributed by atoms with Crippen LogP contribution in [-0.2, 0) is 13.2 Å². The van der Waals surface area contributed by atoms with E-state index >= 15 is 0 Å². The van der Waals surface area contributed by atoms with Gasteiger partial charge in [-0.2, -0.15) is 0 Å². The summed E-state index contributed by atoms with van der Waals surface area (Å²) >= 11 is 5.92. The van der Waals surface area contributed by atoms with Crippen LogP contribution in [0.2, 0.25) is 5.02 Å². The molecule has 0 aromatic heterocycles. The molecule has 68 valence electrons. The highest BCUT2D eigenvalue weighted by Crippen LogP contribution is 2.26. The van der Waals surface area contributed by atoms with Gasteiger partial charge in [0.1, 0.15) is 0 Å². The normalized spacial score (nSPS) is 14.2. The van der Waals surface area contributed by atoms with E-state index in [0.29, 0.717) is 22.7 Å². The number of benzene rings is 1. The fourth-order valence-electron chi connectivity index (χ4n) is 1.43. The number of aliphatic hydroxyl groups excluding tert-OH is 1. The van der Waals surface area contributed by atoms with Crippen molar-refractivity contribution in [1.82, 2.24) is 5.32 Å².